The van der Waals surface area contributed by atoms with Crippen LogP contribution in [0.3, 0.4) is 0 Å². The molecular formula is C19H30F3N5O. The third-order valence-electron chi connectivity index (χ3n) is 4.64. The highest BCUT2D eigenvalue weighted by atomic mass is 19.4. The summed E-state index contributed by atoms with van der Waals surface area (Å²) in [6.07, 6.45) is 2.95. The lowest BCUT2D eigenvalue weighted by Gasteiger charge is -2.21. The number of rotatable bonds is 8. The number of carbonyl (C=O) groups excluding carboxylic acids is 1. The first-order chi connectivity index (χ1) is 13.3. The summed E-state index contributed by atoms with van der Waals surface area (Å²) in [4.78, 5) is 19.8. The summed E-state index contributed by atoms with van der Waals surface area (Å²) in [5.74, 6) is 0.970. The minimum atomic E-state index is -4.20. The van der Waals surface area contributed by atoms with Gasteiger partial charge in [0.25, 0.3) is 0 Å². The van der Waals surface area contributed by atoms with Gasteiger partial charge >= 0.3 is 12.2 Å². The van der Waals surface area contributed by atoms with Crippen LogP contribution in [0.4, 0.5) is 23.8 Å². The smallest absolute Gasteiger partial charge is 0.357 e. The second-order valence-corrected chi connectivity index (χ2v) is 7.24. The average Bonchev–Trinajstić information content (AvgIpc) is 2.92. The van der Waals surface area contributed by atoms with Crippen LogP contribution >= 0.6 is 0 Å². The Balaban J connectivity index is 1.63. The van der Waals surface area contributed by atoms with Crippen molar-refractivity contribution in [2.45, 2.75) is 44.8 Å². The third kappa shape index (κ3) is 8.77. The van der Waals surface area contributed by atoms with E-state index in [-0.39, 0.29) is 12.6 Å². The Morgan fingerprint density at radius 3 is 2.50 bits per heavy atom. The normalized spacial score (nSPS) is 15.4. The van der Waals surface area contributed by atoms with Gasteiger partial charge in [-0.25, -0.2) is 9.78 Å². The summed E-state index contributed by atoms with van der Waals surface area (Å²) in [6.45, 7) is 2.06. The summed E-state index contributed by atoms with van der Waals surface area (Å²) >= 11 is 0. The average molecular weight is 401 g/mol. The number of urea groups is 1. The van der Waals surface area contributed by atoms with Crippen LogP contribution in [0.15, 0.2) is 18.3 Å². The van der Waals surface area contributed by atoms with Gasteiger partial charge in [0, 0.05) is 32.4 Å². The molecule has 1 saturated heterocycles. The van der Waals surface area contributed by atoms with Crippen LogP contribution in [0.1, 0.15) is 37.7 Å². The van der Waals surface area contributed by atoms with Gasteiger partial charge in [-0.2, -0.15) is 13.2 Å². The van der Waals surface area contributed by atoms with Gasteiger partial charge in [0.2, 0.25) is 0 Å². The molecule has 9 heteroatoms. The molecule has 0 spiro atoms. The molecule has 1 fully saturated rings. The van der Waals surface area contributed by atoms with Crippen molar-refractivity contribution in [3.05, 3.63) is 23.9 Å². The van der Waals surface area contributed by atoms with E-state index in [1.807, 2.05) is 12.1 Å². The van der Waals surface area contributed by atoms with Crippen LogP contribution in [0.2, 0.25) is 0 Å². The first-order valence-corrected chi connectivity index (χ1v) is 9.80. The zero-order valence-electron chi connectivity index (χ0n) is 16.4. The number of anilines is 1. The predicted octanol–water partition coefficient (Wildman–Crippen LogP) is 3.15. The van der Waals surface area contributed by atoms with Crippen molar-refractivity contribution in [1.29, 1.82) is 0 Å². The van der Waals surface area contributed by atoms with Gasteiger partial charge in [-0.1, -0.05) is 18.9 Å². The fourth-order valence-electron chi connectivity index (χ4n) is 3.19. The molecule has 1 aromatic heterocycles. The van der Waals surface area contributed by atoms with Crippen LogP contribution in [-0.4, -0.2) is 61.9 Å². The second-order valence-electron chi connectivity index (χ2n) is 7.24. The number of nitrogens with one attached hydrogen (secondary N) is 2. The van der Waals surface area contributed by atoms with Crippen molar-refractivity contribution in [2.75, 3.05) is 44.7 Å². The SMILES string of the molecule is CN(CCCNC(=O)NCc1ccc(N2CCCCCC2)nc1)CC(F)(F)F. The van der Waals surface area contributed by atoms with E-state index in [1.165, 1.54) is 37.6 Å². The molecule has 0 aliphatic carbocycles. The number of carbonyl (C=O) groups is 1. The standard InChI is InChI=1S/C19H30F3N5O/c1-26(15-19(20,21)22)10-6-9-23-18(28)25-14-16-7-8-17(24-13-16)27-11-4-2-3-5-12-27/h7-8,13H,2-6,9-12,14-15H2,1H3,(H2,23,25,28). The summed E-state index contributed by atoms with van der Waals surface area (Å²) < 4.78 is 36.7. The Morgan fingerprint density at radius 2 is 1.89 bits per heavy atom. The molecule has 2 rings (SSSR count). The first-order valence-electron chi connectivity index (χ1n) is 9.80. The van der Waals surface area contributed by atoms with E-state index in [0.717, 1.165) is 24.5 Å². The predicted molar refractivity (Wildman–Crippen MR) is 103 cm³/mol. The third-order valence-corrected chi connectivity index (χ3v) is 4.64. The number of pyridine rings is 1. The van der Waals surface area contributed by atoms with Crippen molar-refractivity contribution in [3.63, 3.8) is 0 Å². The highest BCUT2D eigenvalue weighted by Crippen LogP contribution is 2.17. The van der Waals surface area contributed by atoms with Crippen LogP contribution in [0, 0.1) is 0 Å². The van der Waals surface area contributed by atoms with Crippen molar-refractivity contribution in [2.24, 2.45) is 0 Å². The van der Waals surface area contributed by atoms with Gasteiger partial charge in [0.05, 0.1) is 6.54 Å². The number of aromatic nitrogens is 1. The van der Waals surface area contributed by atoms with Gasteiger partial charge in [-0.15, -0.1) is 0 Å². The van der Waals surface area contributed by atoms with E-state index < -0.39 is 12.7 Å². The minimum Gasteiger partial charge on any atom is -0.357 e. The maximum atomic E-state index is 12.2. The molecule has 0 aromatic carbocycles. The lowest BCUT2D eigenvalue weighted by Crippen LogP contribution is -2.37. The molecule has 158 valence electrons. The van der Waals surface area contributed by atoms with E-state index in [4.69, 9.17) is 0 Å². The Hall–Kier alpha value is -2.03. The molecule has 0 saturated carbocycles. The van der Waals surface area contributed by atoms with E-state index in [0.29, 0.717) is 19.5 Å². The number of alkyl halides is 3. The van der Waals surface area contributed by atoms with Gasteiger partial charge in [0.15, 0.2) is 0 Å². The molecular weight excluding hydrogens is 371 g/mol. The summed E-state index contributed by atoms with van der Waals surface area (Å²) in [7, 11) is 1.41. The van der Waals surface area contributed by atoms with Gasteiger partial charge in [0.1, 0.15) is 5.82 Å². The lowest BCUT2D eigenvalue weighted by molar-refractivity contribution is -0.143. The van der Waals surface area contributed by atoms with E-state index in [2.05, 4.69) is 20.5 Å². The topological polar surface area (TPSA) is 60.5 Å². The number of halogens is 3. The lowest BCUT2D eigenvalue weighted by atomic mass is 10.2. The maximum Gasteiger partial charge on any atom is 0.401 e. The largest absolute Gasteiger partial charge is 0.401 e. The van der Waals surface area contributed by atoms with E-state index in [1.54, 1.807) is 6.20 Å². The first kappa shape index (κ1) is 22.3. The summed E-state index contributed by atoms with van der Waals surface area (Å²) in [5, 5.41) is 5.39. The second kappa shape index (κ2) is 11.1. The molecule has 2 N–H and O–H groups in total. The van der Waals surface area contributed by atoms with Crippen molar-refractivity contribution in [1.82, 2.24) is 20.5 Å². The zero-order valence-corrected chi connectivity index (χ0v) is 16.4. The van der Waals surface area contributed by atoms with Crippen LogP contribution in [0.5, 0.6) is 0 Å². The Morgan fingerprint density at radius 1 is 1.18 bits per heavy atom. The van der Waals surface area contributed by atoms with Crippen LogP contribution in [-0.2, 0) is 6.54 Å². The molecule has 2 heterocycles. The highest BCUT2D eigenvalue weighted by molar-refractivity contribution is 5.73. The van der Waals surface area contributed by atoms with Crippen molar-refractivity contribution >= 4 is 11.8 Å². The van der Waals surface area contributed by atoms with E-state index in [9.17, 15) is 18.0 Å². The highest BCUT2D eigenvalue weighted by Gasteiger charge is 2.28. The molecule has 0 unspecified atom stereocenters. The molecule has 1 aliphatic heterocycles. The van der Waals surface area contributed by atoms with Gasteiger partial charge < -0.3 is 15.5 Å². The molecule has 0 radical (unpaired) electrons. The van der Waals surface area contributed by atoms with Crippen molar-refractivity contribution < 1.29 is 18.0 Å². The molecule has 6 nitrogen and oxygen atoms in total. The minimum absolute atomic E-state index is 0.266. The van der Waals surface area contributed by atoms with Crippen LogP contribution in [0.25, 0.3) is 0 Å². The Bertz CT molecular complexity index is 586. The molecule has 1 aliphatic rings. The van der Waals surface area contributed by atoms with Crippen molar-refractivity contribution in [3.8, 4) is 0 Å². The van der Waals surface area contributed by atoms with Gasteiger partial charge in [-0.3, -0.25) is 4.90 Å². The summed E-state index contributed by atoms with van der Waals surface area (Å²) in [6, 6.07) is 3.60. The maximum absolute atomic E-state index is 12.2. The molecule has 2 amide bonds. The number of hydrogen-bond donors (Lipinski definition) is 2. The Labute approximate surface area is 164 Å². The number of amides is 2. The molecule has 0 bridgehead atoms. The van der Waals surface area contributed by atoms with Crippen LogP contribution < -0.4 is 15.5 Å². The fraction of sp³-hybridized carbons (Fsp3) is 0.684. The molecule has 0 atom stereocenters. The zero-order chi connectivity index (χ0) is 20.4. The van der Waals surface area contributed by atoms with Gasteiger partial charge in [-0.05, 0) is 44.5 Å². The molecule has 1 aromatic rings. The summed E-state index contributed by atoms with van der Waals surface area (Å²) in [5.41, 5.74) is 0.902. The number of nitrogens with zero attached hydrogens (tertiary/aromatic N) is 3. The quantitative estimate of drug-likeness (QED) is 0.657. The Kier molecular flexibility index (Phi) is 8.82. The molecule has 28 heavy (non-hydrogen) atoms. The monoisotopic (exact) mass is 401 g/mol. The van der Waals surface area contributed by atoms with E-state index >= 15 is 0 Å². The fourth-order valence-corrected chi connectivity index (χ4v) is 3.19. The number of hydrogen-bond acceptors (Lipinski definition) is 4.